The van der Waals surface area contributed by atoms with E-state index in [1.165, 1.54) is 4.90 Å². The fourth-order valence-electron chi connectivity index (χ4n) is 3.63. The zero-order chi connectivity index (χ0) is 17.0. The third-order valence-electron chi connectivity index (χ3n) is 4.85. The summed E-state index contributed by atoms with van der Waals surface area (Å²) in [5.74, 6) is 0.545. The molecule has 8 heteroatoms. The van der Waals surface area contributed by atoms with Gasteiger partial charge < -0.3 is 15.0 Å². The van der Waals surface area contributed by atoms with Crippen LogP contribution in [0.5, 0.6) is 0 Å². The lowest BCUT2D eigenvalue weighted by molar-refractivity contribution is -0.141. The van der Waals surface area contributed by atoms with Crippen LogP contribution < -0.4 is 10.2 Å². The Bertz CT molecular complexity index is 603. The van der Waals surface area contributed by atoms with Crippen LogP contribution in [0.4, 0.5) is 24.9 Å². The van der Waals surface area contributed by atoms with Gasteiger partial charge in [0.2, 0.25) is 5.95 Å². The fraction of sp³-hybridized carbons (Fsp3) is 0.733. The minimum atomic E-state index is -4.50. The topological polar surface area (TPSA) is 50.3 Å². The largest absolute Gasteiger partial charge is 0.433 e. The van der Waals surface area contributed by atoms with Crippen LogP contribution in [-0.2, 0) is 10.9 Å². The predicted octanol–water partition coefficient (Wildman–Crippen LogP) is 2.79. The SMILES string of the molecule is CN(C)c1cc(C(F)(F)F)nc(N[C@@H]2[C@@H]3CCO[C@@H]3C2(C)C)n1. The van der Waals surface area contributed by atoms with Gasteiger partial charge in [0, 0.05) is 44.1 Å². The summed E-state index contributed by atoms with van der Waals surface area (Å²) >= 11 is 0. The van der Waals surface area contributed by atoms with Crippen molar-refractivity contribution in [2.45, 2.75) is 38.6 Å². The quantitative estimate of drug-likeness (QED) is 0.923. The number of halogens is 3. The maximum atomic E-state index is 13.1. The molecule has 1 saturated carbocycles. The molecule has 1 aliphatic heterocycles. The van der Waals surface area contributed by atoms with Crippen LogP contribution in [0.15, 0.2) is 6.07 Å². The Hall–Kier alpha value is -1.57. The van der Waals surface area contributed by atoms with Gasteiger partial charge in [0.1, 0.15) is 5.82 Å². The average Bonchev–Trinajstić information content (AvgIpc) is 2.90. The van der Waals surface area contributed by atoms with E-state index in [9.17, 15) is 13.2 Å². The third-order valence-corrected chi connectivity index (χ3v) is 4.85. The van der Waals surface area contributed by atoms with E-state index < -0.39 is 11.9 Å². The summed E-state index contributed by atoms with van der Waals surface area (Å²) < 4.78 is 44.9. The molecule has 0 radical (unpaired) electrons. The van der Waals surface area contributed by atoms with Crippen molar-refractivity contribution >= 4 is 11.8 Å². The molecule has 1 saturated heterocycles. The van der Waals surface area contributed by atoms with E-state index in [-0.39, 0.29) is 29.3 Å². The zero-order valence-corrected chi connectivity index (χ0v) is 13.6. The summed E-state index contributed by atoms with van der Waals surface area (Å²) in [7, 11) is 3.31. The highest BCUT2D eigenvalue weighted by atomic mass is 19.4. The van der Waals surface area contributed by atoms with Crippen LogP contribution in [0.1, 0.15) is 26.0 Å². The normalized spacial score (nSPS) is 28.9. The van der Waals surface area contributed by atoms with Crippen LogP contribution in [-0.4, -0.2) is 42.8 Å². The number of ether oxygens (including phenoxy) is 1. The molecule has 1 N–H and O–H groups in total. The number of alkyl halides is 3. The Morgan fingerprint density at radius 1 is 1.30 bits per heavy atom. The van der Waals surface area contributed by atoms with Gasteiger partial charge in [-0.15, -0.1) is 0 Å². The molecule has 23 heavy (non-hydrogen) atoms. The summed E-state index contributed by atoms with van der Waals surface area (Å²) in [4.78, 5) is 9.42. The summed E-state index contributed by atoms with van der Waals surface area (Å²) in [6.07, 6.45) is -3.44. The lowest BCUT2D eigenvalue weighted by atomic mass is 9.57. The van der Waals surface area contributed by atoms with E-state index in [0.717, 1.165) is 12.5 Å². The Kier molecular flexibility index (Phi) is 3.70. The first kappa shape index (κ1) is 16.3. The molecule has 0 bridgehead atoms. The number of nitrogens with zero attached hydrogens (tertiary/aromatic N) is 3. The fourth-order valence-corrected chi connectivity index (χ4v) is 3.63. The van der Waals surface area contributed by atoms with E-state index in [0.29, 0.717) is 12.5 Å². The van der Waals surface area contributed by atoms with Crippen molar-refractivity contribution in [3.63, 3.8) is 0 Å². The average molecular weight is 330 g/mol. The molecule has 1 aromatic rings. The van der Waals surface area contributed by atoms with E-state index >= 15 is 0 Å². The lowest BCUT2D eigenvalue weighted by Gasteiger charge is -2.54. The predicted molar refractivity (Wildman–Crippen MR) is 80.4 cm³/mol. The van der Waals surface area contributed by atoms with Gasteiger partial charge in [0.15, 0.2) is 5.69 Å². The van der Waals surface area contributed by atoms with Crippen molar-refractivity contribution in [3.8, 4) is 0 Å². The van der Waals surface area contributed by atoms with Gasteiger partial charge in [-0.2, -0.15) is 18.2 Å². The number of hydrogen-bond acceptors (Lipinski definition) is 5. The summed E-state index contributed by atoms with van der Waals surface area (Å²) in [6.45, 7) is 4.80. The number of rotatable bonds is 3. The van der Waals surface area contributed by atoms with Crippen LogP contribution in [0.25, 0.3) is 0 Å². The highest BCUT2D eigenvalue weighted by molar-refractivity contribution is 5.45. The molecule has 0 amide bonds. The molecule has 5 nitrogen and oxygen atoms in total. The molecule has 0 aromatic carbocycles. The Morgan fingerprint density at radius 3 is 2.61 bits per heavy atom. The molecule has 2 aliphatic rings. The van der Waals surface area contributed by atoms with Gasteiger partial charge in [-0.25, -0.2) is 4.98 Å². The Morgan fingerprint density at radius 2 is 2.00 bits per heavy atom. The molecular weight excluding hydrogens is 309 g/mol. The minimum absolute atomic E-state index is 0.00787. The van der Waals surface area contributed by atoms with Crippen LogP contribution in [0.2, 0.25) is 0 Å². The van der Waals surface area contributed by atoms with Crippen LogP contribution >= 0.6 is 0 Å². The highest BCUT2D eigenvalue weighted by Crippen LogP contribution is 2.53. The van der Waals surface area contributed by atoms with Gasteiger partial charge >= 0.3 is 6.18 Å². The number of hydrogen-bond donors (Lipinski definition) is 1. The Labute approximate surface area is 133 Å². The van der Waals surface area contributed by atoms with Crippen LogP contribution in [0, 0.1) is 11.3 Å². The van der Waals surface area contributed by atoms with E-state index in [1.807, 2.05) is 0 Å². The van der Waals surface area contributed by atoms with E-state index in [1.54, 1.807) is 14.1 Å². The van der Waals surface area contributed by atoms with Crippen molar-refractivity contribution in [1.82, 2.24) is 9.97 Å². The second-order valence-electron chi connectivity index (χ2n) is 7.01. The first-order chi connectivity index (χ1) is 10.6. The maximum Gasteiger partial charge on any atom is 0.433 e. The lowest BCUT2D eigenvalue weighted by Crippen LogP contribution is -2.63. The van der Waals surface area contributed by atoms with Gasteiger partial charge in [-0.1, -0.05) is 13.8 Å². The molecule has 1 aliphatic carbocycles. The van der Waals surface area contributed by atoms with E-state index in [2.05, 4.69) is 29.1 Å². The molecule has 0 spiro atoms. The molecule has 2 heterocycles. The summed E-state index contributed by atoms with van der Waals surface area (Å²) in [5.41, 5.74) is -1.09. The monoisotopic (exact) mass is 330 g/mol. The maximum absolute atomic E-state index is 13.1. The molecule has 1 aromatic heterocycles. The van der Waals surface area contributed by atoms with Gasteiger partial charge in [-0.3, -0.25) is 0 Å². The molecule has 0 unspecified atom stereocenters. The third kappa shape index (κ3) is 2.73. The standard InChI is InChI=1S/C15H21F3N4O/c1-14(2)11(8-5-6-23-12(8)14)21-13-19-9(15(16,17)18)7-10(20-13)22(3)4/h7-8,11-12H,5-6H2,1-4H3,(H,19,20,21)/t8-,11+,12-/m0/s1. The van der Waals surface area contributed by atoms with Crippen molar-refractivity contribution in [2.75, 3.05) is 30.9 Å². The molecule has 128 valence electrons. The molecular formula is C15H21F3N4O. The van der Waals surface area contributed by atoms with Gasteiger partial charge in [-0.05, 0) is 6.42 Å². The van der Waals surface area contributed by atoms with Crippen molar-refractivity contribution < 1.29 is 17.9 Å². The number of aromatic nitrogens is 2. The van der Waals surface area contributed by atoms with Gasteiger partial charge in [0.05, 0.1) is 6.10 Å². The number of anilines is 2. The molecule has 3 atom stereocenters. The summed E-state index contributed by atoms with van der Waals surface area (Å²) in [6, 6.07) is 0.965. The van der Waals surface area contributed by atoms with Crippen molar-refractivity contribution in [1.29, 1.82) is 0 Å². The number of fused-ring (bicyclic) bond motifs is 1. The first-order valence-electron chi connectivity index (χ1n) is 7.62. The van der Waals surface area contributed by atoms with Gasteiger partial charge in [0.25, 0.3) is 0 Å². The second-order valence-corrected chi connectivity index (χ2v) is 7.01. The first-order valence-corrected chi connectivity index (χ1v) is 7.62. The van der Waals surface area contributed by atoms with Crippen LogP contribution in [0.3, 0.4) is 0 Å². The van der Waals surface area contributed by atoms with Crippen molar-refractivity contribution in [2.24, 2.45) is 11.3 Å². The summed E-state index contributed by atoms with van der Waals surface area (Å²) in [5, 5.41) is 3.12. The number of nitrogens with one attached hydrogen (secondary N) is 1. The highest BCUT2D eigenvalue weighted by Gasteiger charge is 2.59. The van der Waals surface area contributed by atoms with E-state index in [4.69, 9.17) is 4.74 Å². The minimum Gasteiger partial charge on any atom is -0.377 e. The Balaban J connectivity index is 1.89. The zero-order valence-electron chi connectivity index (χ0n) is 13.6. The second kappa shape index (κ2) is 5.22. The van der Waals surface area contributed by atoms with Crippen molar-refractivity contribution in [3.05, 3.63) is 11.8 Å². The smallest absolute Gasteiger partial charge is 0.377 e. The molecule has 3 rings (SSSR count). The molecule has 2 fully saturated rings.